The summed E-state index contributed by atoms with van der Waals surface area (Å²) in [5, 5.41) is 0. The molecule has 0 heterocycles. The average molecular weight is 347 g/mol. The van der Waals surface area contributed by atoms with Gasteiger partial charge in [-0.15, -0.1) is 0 Å². The van der Waals surface area contributed by atoms with Crippen LogP contribution in [0.5, 0.6) is 0 Å². The molecule has 0 unspecified atom stereocenters. The maximum Gasteiger partial charge on any atom is 0.0311 e. The molecular weight excluding hydrogens is 347 g/mol. The van der Waals surface area contributed by atoms with Crippen molar-refractivity contribution in [3.63, 3.8) is 0 Å². The van der Waals surface area contributed by atoms with Crippen molar-refractivity contribution >= 4 is 31.2 Å². The molecule has 0 atom stereocenters. The van der Waals surface area contributed by atoms with Crippen LogP contribution in [0.25, 0.3) is 0 Å². The first-order valence-corrected chi connectivity index (χ1v) is 6.00. The van der Waals surface area contributed by atoms with Gasteiger partial charge in [0.1, 0.15) is 0 Å². The van der Waals surface area contributed by atoms with Crippen molar-refractivity contribution in [2.75, 3.05) is 0 Å². The van der Waals surface area contributed by atoms with Crippen LogP contribution in [0, 0.1) is 0 Å². The monoisotopic (exact) mass is 346 g/mol. The summed E-state index contributed by atoms with van der Waals surface area (Å²) >= 11 is 0. The number of hydrogen-bond acceptors (Lipinski definition) is 12. The van der Waals surface area contributed by atoms with Gasteiger partial charge in [0, 0.05) is 47.7 Å². The largest absolute Gasteiger partial charge is 0.759 e. The third kappa shape index (κ3) is 226000. The van der Waals surface area contributed by atoms with E-state index in [1.165, 1.54) is 0 Å². The van der Waals surface area contributed by atoms with Gasteiger partial charge in [-0.25, -0.2) is 0 Å². The standard InChI is InChI=1S/Ni.3H2O4S/c;3*1-5(2,3)4/h;3*(H2,1,2,3,4)/p-6. The summed E-state index contributed by atoms with van der Waals surface area (Å²) in [7, 11) is -15.5. The molecule has 0 aliphatic heterocycles. The summed E-state index contributed by atoms with van der Waals surface area (Å²) in [6.07, 6.45) is 0. The minimum absolute atomic E-state index is 0. The second kappa shape index (κ2) is 9.17. The molecule has 0 rings (SSSR count). The normalized spacial score (nSPS) is 10.9. The zero-order chi connectivity index (χ0) is 13.5. The van der Waals surface area contributed by atoms with E-state index in [2.05, 4.69) is 0 Å². The molecule has 0 N–H and O–H groups in total. The molecule has 16 heteroatoms. The summed E-state index contributed by atoms with van der Waals surface area (Å²) < 4.78 is 102. The summed E-state index contributed by atoms with van der Waals surface area (Å²) in [5.41, 5.74) is 0. The van der Waals surface area contributed by atoms with Crippen molar-refractivity contribution in [1.82, 2.24) is 0 Å². The average Bonchev–Trinajstić information content (AvgIpc) is 1.41. The van der Waals surface area contributed by atoms with E-state index >= 15 is 0 Å². The van der Waals surface area contributed by atoms with Crippen LogP contribution in [0.15, 0.2) is 0 Å². The van der Waals surface area contributed by atoms with Gasteiger partial charge in [0.15, 0.2) is 0 Å². The van der Waals surface area contributed by atoms with Crippen LogP contribution in [0.3, 0.4) is 0 Å². The Morgan fingerprint density at radius 3 is 0.438 bits per heavy atom. The smallest absolute Gasteiger partial charge is 0.0311 e. The van der Waals surface area contributed by atoms with Crippen LogP contribution in [0.1, 0.15) is 0 Å². The molecule has 106 valence electrons. The molecule has 12 nitrogen and oxygen atoms in total. The molecule has 0 aliphatic rings. The Bertz CT molecular complexity index is 337. The Labute approximate surface area is 100 Å². The van der Waals surface area contributed by atoms with E-state index in [4.69, 9.17) is 52.6 Å². The van der Waals surface area contributed by atoms with Gasteiger partial charge in [0.05, 0.1) is 0 Å². The number of rotatable bonds is 0. The molecule has 0 aromatic carbocycles. The molecule has 0 aliphatic carbocycles. The van der Waals surface area contributed by atoms with E-state index in [0.717, 1.165) is 0 Å². The third-order valence-corrected chi connectivity index (χ3v) is 0. The van der Waals surface area contributed by atoms with Gasteiger partial charge in [-0.3, -0.25) is 25.3 Å². The first-order valence-electron chi connectivity index (χ1n) is 2.00. The Morgan fingerprint density at radius 1 is 0.438 bits per heavy atom. The summed E-state index contributed by atoms with van der Waals surface area (Å²) in [6, 6.07) is 0. The molecule has 0 spiro atoms. The maximum atomic E-state index is 8.52. The molecule has 0 amide bonds. The summed E-state index contributed by atoms with van der Waals surface area (Å²) in [5.74, 6) is 0. The molecule has 0 saturated carbocycles. The van der Waals surface area contributed by atoms with E-state index in [9.17, 15) is 0 Å². The molecular formula is NiO12S3-6. The van der Waals surface area contributed by atoms with Crippen LogP contribution < -0.4 is 0 Å². The van der Waals surface area contributed by atoms with Gasteiger partial charge >= 0.3 is 0 Å². The van der Waals surface area contributed by atoms with E-state index in [1.807, 2.05) is 0 Å². The zero-order valence-electron chi connectivity index (χ0n) is 6.44. The summed E-state index contributed by atoms with van der Waals surface area (Å²) in [6.45, 7) is 0. The number of hydrogen-bond donors (Lipinski definition) is 0. The minimum atomic E-state index is -5.17. The van der Waals surface area contributed by atoms with Gasteiger partial charge in [-0.05, 0) is 0 Å². The Kier molecular flexibility index (Phi) is 14.4. The van der Waals surface area contributed by atoms with Crippen molar-refractivity contribution in [3.05, 3.63) is 0 Å². The van der Waals surface area contributed by atoms with Crippen LogP contribution in [-0.4, -0.2) is 52.6 Å². The molecule has 0 saturated heterocycles. The van der Waals surface area contributed by atoms with Crippen molar-refractivity contribution in [1.29, 1.82) is 0 Å². The molecule has 0 aromatic heterocycles. The Hall–Kier alpha value is 0.104. The Morgan fingerprint density at radius 2 is 0.438 bits per heavy atom. The topological polar surface area (TPSA) is 241 Å². The van der Waals surface area contributed by atoms with Gasteiger partial charge in [0.25, 0.3) is 0 Å². The minimum Gasteiger partial charge on any atom is -0.759 e. The molecule has 0 aromatic rings. The fraction of sp³-hybridized carbons (Fsp3) is 0. The van der Waals surface area contributed by atoms with Crippen LogP contribution >= 0.6 is 0 Å². The molecule has 16 heavy (non-hydrogen) atoms. The van der Waals surface area contributed by atoms with Crippen molar-refractivity contribution in [3.8, 4) is 0 Å². The van der Waals surface area contributed by atoms with Crippen LogP contribution in [-0.2, 0) is 47.7 Å². The van der Waals surface area contributed by atoms with E-state index in [0.29, 0.717) is 0 Å². The first-order chi connectivity index (χ1) is 6.00. The molecule has 0 radical (unpaired) electrons. The van der Waals surface area contributed by atoms with Gasteiger partial charge in [-0.2, -0.15) is 0 Å². The first kappa shape index (κ1) is 25.1. The quantitative estimate of drug-likeness (QED) is 0.231. The van der Waals surface area contributed by atoms with Crippen molar-refractivity contribution in [2.24, 2.45) is 0 Å². The van der Waals surface area contributed by atoms with E-state index < -0.39 is 31.2 Å². The maximum absolute atomic E-state index is 8.52. The third-order valence-electron chi connectivity index (χ3n) is 0. The zero-order valence-corrected chi connectivity index (χ0v) is 9.88. The molecule has 0 fully saturated rings. The van der Waals surface area contributed by atoms with Gasteiger partial charge in [0.2, 0.25) is 0 Å². The fourth-order valence-electron chi connectivity index (χ4n) is 0. The Balaban J connectivity index is -0.0000000655. The van der Waals surface area contributed by atoms with Gasteiger partial charge < -0.3 is 27.3 Å². The SMILES string of the molecule is O=S(=O)([O-])[O-].O=S(=O)([O-])[O-].O=S(=O)([O-])[O-].[Ni]. The van der Waals surface area contributed by atoms with Crippen LogP contribution in [0.4, 0.5) is 0 Å². The predicted molar refractivity (Wildman–Crippen MR) is 31.4 cm³/mol. The van der Waals surface area contributed by atoms with Crippen molar-refractivity contribution < 1.29 is 69.1 Å². The van der Waals surface area contributed by atoms with Crippen molar-refractivity contribution in [2.45, 2.75) is 0 Å². The van der Waals surface area contributed by atoms with Gasteiger partial charge in [-0.1, -0.05) is 0 Å². The summed E-state index contributed by atoms with van der Waals surface area (Å²) in [4.78, 5) is 0. The molecule has 0 bridgehead atoms. The second-order valence-corrected chi connectivity index (χ2v) is 3.67. The van der Waals surface area contributed by atoms with E-state index in [1.54, 1.807) is 0 Å². The fourth-order valence-corrected chi connectivity index (χ4v) is 0. The van der Waals surface area contributed by atoms with Crippen LogP contribution in [0.2, 0.25) is 0 Å². The predicted octanol–water partition coefficient (Wildman–Crippen LogP) is -4.02. The second-order valence-electron chi connectivity index (χ2n) is 1.22. The van der Waals surface area contributed by atoms with E-state index in [-0.39, 0.29) is 16.5 Å².